The van der Waals surface area contributed by atoms with Gasteiger partial charge in [0.25, 0.3) is 5.91 Å². The van der Waals surface area contributed by atoms with Gasteiger partial charge in [0.1, 0.15) is 0 Å². The van der Waals surface area contributed by atoms with Crippen LogP contribution < -0.4 is 10.6 Å². The molecule has 0 aliphatic carbocycles. The van der Waals surface area contributed by atoms with E-state index in [0.717, 1.165) is 42.5 Å². The van der Waals surface area contributed by atoms with E-state index in [1.54, 1.807) is 12.3 Å². The van der Waals surface area contributed by atoms with Crippen molar-refractivity contribution in [3.8, 4) is 0 Å². The number of anilines is 1. The summed E-state index contributed by atoms with van der Waals surface area (Å²) >= 11 is 0. The highest BCUT2D eigenvalue weighted by Crippen LogP contribution is 2.19. The number of pyridine rings is 1. The van der Waals surface area contributed by atoms with Crippen LogP contribution in [0, 0.1) is 0 Å². The van der Waals surface area contributed by atoms with Crippen LogP contribution in [0.5, 0.6) is 0 Å². The Hall–Kier alpha value is -2.73. The van der Waals surface area contributed by atoms with Crippen molar-refractivity contribution in [2.75, 3.05) is 18.4 Å². The zero-order chi connectivity index (χ0) is 16.4. The Bertz CT molecular complexity index is 866. The molecular formula is C18H19N5O. The first-order valence-corrected chi connectivity index (χ1v) is 8.21. The summed E-state index contributed by atoms with van der Waals surface area (Å²) in [5, 5.41) is 11.7. The van der Waals surface area contributed by atoms with E-state index >= 15 is 0 Å². The molecule has 1 atom stereocenters. The summed E-state index contributed by atoms with van der Waals surface area (Å²) in [7, 11) is 0. The molecule has 2 aromatic heterocycles. The van der Waals surface area contributed by atoms with E-state index in [2.05, 4.69) is 20.7 Å². The summed E-state index contributed by atoms with van der Waals surface area (Å²) in [6.45, 7) is 1.96. The predicted molar refractivity (Wildman–Crippen MR) is 93.1 cm³/mol. The quantitative estimate of drug-likeness (QED) is 0.778. The molecule has 122 valence electrons. The molecule has 3 heterocycles. The molecule has 6 heteroatoms. The largest absolute Gasteiger partial charge is 0.321 e. The van der Waals surface area contributed by atoms with E-state index in [4.69, 9.17) is 0 Å². The van der Waals surface area contributed by atoms with Crippen molar-refractivity contribution in [3.63, 3.8) is 0 Å². The maximum atomic E-state index is 12.4. The monoisotopic (exact) mass is 321 g/mol. The highest BCUT2D eigenvalue weighted by molar-refractivity contribution is 6.03. The predicted octanol–water partition coefficient (Wildman–Crippen LogP) is 2.61. The van der Waals surface area contributed by atoms with Gasteiger partial charge < -0.3 is 10.6 Å². The van der Waals surface area contributed by atoms with E-state index in [0.29, 0.717) is 11.7 Å². The fourth-order valence-corrected chi connectivity index (χ4v) is 3.07. The Morgan fingerprint density at radius 3 is 3.12 bits per heavy atom. The Balaban J connectivity index is 1.49. The first kappa shape index (κ1) is 14.8. The lowest BCUT2D eigenvalue weighted by Crippen LogP contribution is -2.32. The number of aromatic nitrogens is 3. The Kier molecular flexibility index (Phi) is 3.96. The number of rotatable bonds is 3. The average Bonchev–Trinajstić information content (AvgIpc) is 3.13. The number of carbonyl (C=O) groups is 1. The first-order valence-electron chi connectivity index (χ1n) is 8.21. The molecule has 1 aliphatic rings. The maximum Gasteiger partial charge on any atom is 0.276 e. The van der Waals surface area contributed by atoms with E-state index in [1.807, 2.05) is 41.2 Å². The minimum absolute atomic E-state index is 0.194. The summed E-state index contributed by atoms with van der Waals surface area (Å²) in [6.07, 6.45) is 5.87. The van der Waals surface area contributed by atoms with Crippen LogP contribution in [0.3, 0.4) is 0 Å². The number of benzene rings is 1. The summed E-state index contributed by atoms with van der Waals surface area (Å²) in [5.41, 5.74) is 2.09. The number of piperidine rings is 1. The minimum Gasteiger partial charge on any atom is -0.321 e. The lowest BCUT2D eigenvalue weighted by Gasteiger charge is -2.22. The number of fused-ring (bicyclic) bond motifs is 1. The van der Waals surface area contributed by atoms with Crippen LogP contribution in [0.25, 0.3) is 10.9 Å². The van der Waals surface area contributed by atoms with E-state index in [1.165, 1.54) is 0 Å². The van der Waals surface area contributed by atoms with Gasteiger partial charge in [0.2, 0.25) is 0 Å². The SMILES string of the molecule is O=C(Nc1ccc2ncccc2c1)c1ccn(C2CCCNC2)n1. The van der Waals surface area contributed by atoms with Crippen molar-refractivity contribution in [2.24, 2.45) is 0 Å². The molecule has 1 unspecified atom stereocenters. The second-order valence-corrected chi connectivity index (χ2v) is 6.05. The zero-order valence-corrected chi connectivity index (χ0v) is 13.3. The summed E-state index contributed by atoms with van der Waals surface area (Å²) in [4.78, 5) is 16.7. The number of nitrogens with zero attached hydrogens (tertiary/aromatic N) is 3. The molecule has 0 saturated carbocycles. The Labute approximate surface area is 139 Å². The van der Waals surface area contributed by atoms with Crippen LogP contribution in [-0.4, -0.2) is 33.8 Å². The minimum atomic E-state index is -0.194. The lowest BCUT2D eigenvalue weighted by molar-refractivity contribution is 0.102. The van der Waals surface area contributed by atoms with Gasteiger partial charge in [0.15, 0.2) is 5.69 Å². The standard InChI is InChI=1S/C18H19N5O/c24-18(17-7-10-23(22-17)15-4-2-8-19-12-15)21-14-5-6-16-13(11-14)3-1-9-20-16/h1,3,5-7,9-11,15,19H,2,4,8,12H2,(H,21,24). The van der Waals surface area contributed by atoms with Gasteiger partial charge in [-0.1, -0.05) is 6.07 Å². The molecule has 4 rings (SSSR count). The van der Waals surface area contributed by atoms with Gasteiger partial charge >= 0.3 is 0 Å². The van der Waals surface area contributed by atoms with Gasteiger partial charge in [-0.25, -0.2) is 0 Å². The normalized spacial score (nSPS) is 17.8. The van der Waals surface area contributed by atoms with E-state index in [-0.39, 0.29) is 5.91 Å². The third kappa shape index (κ3) is 3.00. The number of hydrogen-bond donors (Lipinski definition) is 2. The summed E-state index contributed by atoms with van der Waals surface area (Å²) in [6, 6.07) is 11.6. The molecule has 1 aromatic carbocycles. The molecular weight excluding hydrogens is 302 g/mol. The maximum absolute atomic E-state index is 12.4. The number of hydrogen-bond acceptors (Lipinski definition) is 4. The van der Waals surface area contributed by atoms with Crippen LogP contribution in [0.15, 0.2) is 48.8 Å². The van der Waals surface area contributed by atoms with Gasteiger partial charge in [-0.3, -0.25) is 14.5 Å². The highest BCUT2D eigenvalue weighted by Gasteiger charge is 2.17. The third-order valence-corrected chi connectivity index (χ3v) is 4.35. The smallest absolute Gasteiger partial charge is 0.276 e. The molecule has 1 fully saturated rings. The van der Waals surface area contributed by atoms with Crippen LogP contribution >= 0.6 is 0 Å². The lowest BCUT2D eigenvalue weighted by atomic mass is 10.1. The van der Waals surface area contributed by atoms with E-state index in [9.17, 15) is 4.79 Å². The number of carbonyl (C=O) groups excluding carboxylic acids is 1. The number of amides is 1. The fraction of sp³-hybridized carbons (Fsp3) is 0.278. The molecule has 1 aliphatic heterocycles. The van der Waals surface area contributed by atoms with Gasteiger partial charge in [0.05, 0.1) is 11.6 Å². The first-order chi connectivity index (χ1) is 11.8. The Morgan fingerprint density at radius 2 is 2.25 bits per heavy atom. The average molecular weight is 321 g/mol. The molecule has 0 radical (unpaired) electrons. The third-order valence-electron chi connectivity index (χ3n) is 4.35. The molecule has 0 spiro atoms. The fourth-order valence-electron chi connectivity index (χ4n) is 3.07. The zero-order valence-electron chi connectivity index (χ0n) is 13.3. The van der Waals surface area contributed by atoms with Crippen molar-refractivity contribution in [3.05, 3.63) is 54.5 Å². The van der Waals surface area contributed by atoms with Gasteiger partial charge in [-0.2, -0.15) is 5.10 Å². The van der Waals surface area contributed by atoms with E-state index < -0.39 is 0 Å². The van der Waals surface area contributed by atoms with Crippen LogP contribution in [-0.2, 0) is 0 Å². The van der Waals surface area contributed by atoms with Gasteiger partial charge in [0, 0.05) is 30.0 Å². The number of nitrogens with one attached hydrogen (secondary N) is 2. The van der Waals surface area contributed by atoms with Gasteiger partial charge in [-0.15, -0.1) is 0 Å². The molecule has 6 nitrogen and oxygen atoms in total. The molecule has 1 amide bonds. The second kappa shape index (κ2) is 6.41. The van der Waals surface area contributed by atoms with Crippen molar-refractivity contribution < 1.29 is 4.79 Å². The molecule has 0 bridgehead atoms. The Morgan fingerprint density at radius 1 is 1.29 bits per heavy atom. The van der Waals surface area contributed by atoms with Crippen molar-refractivity contribution in [1.82, 2.24) is 20.1 Å². The molecule has 24 heavy (non-hydrogen) atoms. The van der Waals surface area contributed by atoms with Crippen molar-refractivity contribution in [1.29, 1.82) is 0 Å². The summed E-state index contributed by atoms with van der Waals surface area (Å²) in [5.74, 6) is -0.194. The van der Waals surface area contributed by atoms with Crippen LogP contribution in [0.4, 0.5) is 5.69 Å². The highest BCUT2D eigenvalue weighted by atomic mass is 16.1. The topological polar surface area (TPSA) is 71.8 Å². The van der Waals surface area contributed by atoms with Crippen molar-refractivity contribution >= 4 is 22.5 Å². The summed E-state index contributed by atoms with van der Waals surface area (Å²) < 4.78 is 1.89. The molecule has 2 N–H and O–H groups in total. The van der Waals surface area contributed by atoms with Gasteiger partial charge in [-0.05, 0) is 49.7 Å². The van der Waals surface area contributed by atoms with Crippen LogP contribution in [0.2, 0.25) is 0 Å². The van der Waals surface area contributed by atoms with Crippen LogP contribution in [0.1, 0.15) is 29.4 Å². The molecule has 3 aromatic rings. The molecule has 1 saturated heterocycles. The second-order valence-electron chi connectivity index (χ2n) is 6.05. The van der Waals surface area contributed by atoms with Crippen molar-refractivity contribution in [2.45, 2.75) is 18.9 Å².